The molecule has 6 heteroatoms. The van der Waals surface area contributed by atoms with Gasteiger partial charge in [0.25, 0.3) is 0 Å². The molecule has 3 rings (SSSR count). The van der Waals surface area contributed by atoms with Crippen LogP contribution in [0.15, 0.2) is 12.1 Å². The van der Waals surface area contributed by atoms with Gasteiger partial charge in [-0.2, -0.15) is 0 Å². The molecule has 0 unspecified atom stereocenters. The molecule has 1 aromatic heterocycles. The van der Waals surface area contributed by atoms with Gasteiger partial charge in [0.1, 0.15) is 0 Å². The van der Waals surface area contributed by atoms with E-state index < -0.39 is 0 Å². The molecule has 0 aliphatic carbocycles. The van der Waals surface area contributed by atoms with Gasteiger partial charge in [0.15, 0.2) is 11.5 Å². The molecule has 6 nitrogen and oxygen atoms in total. The molecule has 2 N–H and O–H groups in total. The van der Waals surface area contributed by atoms with Crippen molar-refractivity contribution in [3.63, 3.8) is 0 Å². The summed E-state index contributed by atoms with van der Waals surface area (Å²) in [7, 11) is 4.14. The lowest BCUT2D eigenvalue weighted by molar-refractivity contribution is 0.174. The lowest BCUT2D eigenvalue weighted by Crippen LogP contribution is -2.16. The first-order valence-electron chi connectivity index (χ1n) is 6.40. The quantitative estimate of drug-likeness (QED) is 0.802. The van der Waals surface area contributed by atoms with E-state index in [4.69, 9.17) is 9.47 Å². The average Bonchev–Trinajstić information content (AvgIpc) is 2.96. The molecular weight excluding hydrogens is 244 g/mol. The highest BCUT2D eigenvalue weighted by molar-refractivity contribution is 5.81. The number of imidazole rings is 1. The highest BCUT2D eigenvalue weighted by Gasteiger charge is 2.15. The van der Waals surface area contributed by atoms with Gasteiger partial charge < -0.3 is 24.7 Å². The Bertz CT molecular complexity index is 538. The number of hydrogen-bond acceptors (Lipinski definition) is 5. The molecule has 0 amide bonds. The summed E-state index contributed by atoms with van der Waals surface area (Å²) in [5.41, 5.74) is 1.85. The van der Waals surface area contributed by atoms with Crippen LogP contribution in [-0.2, 0) is 0 Å². The summed E-state index contributed by atoms with van der Waals surface area (Å²) < 4.78 is 10.7. The molecule has 0 saturated carbocycles. The van der Waals surface area contributed by atoms with Gasteiger partial charge in [0.2, 0.25) is 12.7 Å². The number of ether oxygens (including phenoxy) is 2. The Balaban J connectivity index is 1.68. The number of aromatic amines is 1. The fraction of sp³-hybridized carbons (Fsp3) is 0.462. The van der Waals surface area contributed by atoms with E-state index in [1.807, 2.05) is 12.1 Å². The maximum Gasteiger partial charge on any atom is 0.231 e. The molecule has 2 aromatic rings. The van der Waals surface area contributed by atoms with Crippen molar-refractivity contribution in [3.05, 3.63) is 12.1 Å². The first-order chi connectivity index (χ1) is 9.22. The number of aromatic nitrogens is 2. The standard InChI is InChI=1S/C13H18N4O2/c1-17(2)5-3-4-14-13-15-9-6-11-12(19-8-18-11)7-10(9)16-13/h6-7H,3-5,8H2,1-2H3,(H2,14,15,16). The van der Waals surface area contributed by atoms with Gasteiger partial charge in [-0.25, -0.2) is 4.98 Å². The van der Waals surface area contributed by atoms with Crippen LogP contribution in [0.5, 0.6) is 11.5 Å². The number of nitrogens with zero attached hydrogens (tertiary/aromatic N) is 2. The van der Waals surface area contributed by atoms with E-state index in [2.05, 4.69) is 34.3 Å². The predicted octanol–water partition coefficient (Wildman–Crippen LogP) is 1.66. The molecule has 19 heavy (non-hydrogen) atoms. The van der Waals surface area contributed by atoms with Crippen molar-refractivity contribution in [1.29, 1.82) is 0 Å². The van der Waals surface area contributed by atoms with Crippen LogP contribution in [0.1, 0.15) is 6.42 Å². The maximum absolute atomic E-state index is 5.34. The molecule has 0 atom stereocenters. The number of anilines is 1. The molecule has 102 valence electrons. The first kappa shape index (κ1) is 12.1. The van der Waals surface area contributed by atoms with E-state index in [1.54, 1.807) is 0 Å². The Morgan fingerprint density at radius 1 is 1.32 bits per heavy atom. The Kier molecular flexibility index (Phi) is 3.16. The summed E-state index contributed by atoms with van der Waals surface area (Å²) in [5.74, 6) is 2.32. The topological polar surface area (TPSA) is 62.4 Å². The fourth-order valence-corrected chi connectivity index (χ4v) is 2.09. The summed E-state index contributed by atoms with van der Waals surface area (Å²) in [6.07, 6.45) is 1.08. The van der Waals surface area contributed by atoms with Crippen LogP contribution < -0.4 is 14.8 Å². The Labute approximate surface area is 111 Å². The molecular formula is C13H18N4O2. The number of nitrogens with one attached hydrogen (secondary N) is 2. The summed E-state index contributed by atoms with van der Waals surface area (Å²) in [6.45, 7) is 2.24. The molecule has 0 saturated heterocycles. The Hall–Kier alpha value is -1.95. The van der Waals surface area contributed by atoms with Gasteiger partial charge in [-0.15, -0.1) is 0 Å². The summed E-state index contributed by atoms with van der Waals surface area (Å²) in [4.78, 5) is 9.90. The van der Waals surface area contributed by atoms with Gasteiger partial charge >= 0.3 is 0 Å². The van der Waals surface area contributed by atoms with Crippen LogP contribution in [0.2, 0.25) is 0 Å². The van der Waals surface area contributed by atoms with Gasteiger partial charge in [0, 0.05) is 18.7 Å². The zero-order valence-electron chi connectivity index (χ0n) is 11.2. The van der Waals surface area contributed by atoms with Crippen molar-refractivity contribution in [2.45, 2.75) is 6.42 Å². The third-order valence-electron chi connectivity index (χ3n) is 3.05. The predicted molar refractivity (Wildman–Crippen MR) is 73.9 cm³/mol. The van der Waals surface area contributed by atoms with E-state index in [9.17, 15) is 0 Å². The minimum Gasteiger partial charge on any atom is -0.454 e. The average molecular weight is 262 g/mol. The van der Waals surface area contributed by atoms with Gasteiger partial charge in [-0.1, -0.05) is 0 Å². The summed E-state index contributed by atoms with van der Waals surface area (Å²) in [5, 5.41) is 3.29. The second-order valence-electron chi connectivity index (χ2n) is 4.89. The minimum absolute atomic E-state index is 0.289. The molecule has 1 aliphatic rings. The molecule has 0 radical (unpaired) electrons. The molecule has 1 aromatic carbocycles. The SMILES string of the molecule is CN(C)CCCNc1nc2cc3c(cc2[nH]1)OCO3. The van der Waals surface area contributed by atoms with Crippen molar-refractivity contribution < 1.29 is 9.47 Å². The van der Waals surface area contributed by atoms with Crippen molar-refractivity contribution in [2.75, 3.05) is 39.3 Å². The zero-order chi connectivity index (χ0) is 13.2. The second kappa shape index (κ2) is 4.97. The van der Waals surface area contributed by atoms with Crippen LogP contribution in [0.25, 0.3) is 11.0 Å². The summed E-state index contributed by atoms with van der Waals surface area (Å²) in [6, 6.07) is 3.83. The molecule has 0 bridgehead atoms. The minimum atomic E-state index is 0.289. The highest BCUT2D eigenvalue weighted by atomic mass is 16.7. The van der Waals surface area contributed by atoms with E-state index in [0.29, 0.717) is 0 Å². The van der Waals surface area contributed by atoms with Crippen molar-refractivity contribution in [2.24, 2.45) is 0 Å². The Morgan fingerprint density at radius 3 is 2.89 bits per heavy atom. The number of hydrogen-bond donors (Lipinski definition) is 2. The van der Waals surface area contributed by atoms with Gasteiger partial charge in [-0.3, -0.25) is 0 Å². The fourth-order valence-electron chi connectivity index (χ4n) is 2.09. The number of fused-ring (bicyclic) bond motifs is 2. The molecule has 1 aliphatic heterocycles. The Morgan fingerprint density at radius 2 is 2.11 bits per heavy atom. The first-order valence-corrected chi connectivity index (χ1v) is 6.40. The van der Waals surface area contributed by atoms with Crippen molar-refractivity contribution in [1.82, 2.24) is 14.9 Å². The monoisotopic (exact) mass is 262 g/mol. The number of rotatable bonds is 5. The lowest BCUT2D eigenvalue weighted by atomic mass is 10.3. The van der Waals surface area contributed by atoms with E-state index in [-0.39, 0.29) is 6.79 Å². The van der Waals surface area contributed by atoms with Crippen LogP contribution >= 0.6 is 0 Å². The maximum atomic E-state index is 5.34. The zero-order valence-corrected chi connectivity index (χ0v) is 11.2. The van der Waals surface area contributed by atoms with Crippen molar-refractivity contribution >= 4 is 17.0 Å². The third-order valence-corrected chi connectivity index (χ3v) is 3.05. The third kappa shape index (κ3) is 2.58. The second-order valence-corrected chi connectivity index (χ2v) is 4.89. The summed E-state index contributed by atoms with van der Waals surface area (Å²) >= 11 is 0. The van der Waals surface area contributed by atoms with Gasteiger partial charge in [0.05, 0.1) is 11.0 Å². The van der Waals surface area contributed by atoms with Crippen molar-refractivity contribution in [3.8, 4) is 11.5 Å². The van der Waals surface area contributed by atoms with E-state index in [1.165, 1.54) is 0 Å². The molecule has 0 spiro atoms. The van der Waals surface area contributed by atoms with Crippen LogP contribution in [-0.4, -0.2) is 48.8 Å². The normalized spacial score (nSPS) is 13.4. The largest absolute Gasteiger partial charge is 0.454 e. The molecule has 0 fully saturated rings. The van der Waals surface area contributed by atoms with E-state index in [0.717, 1.165) is 48.0 Å². The highest BCUT2D eigenvalue weighted by Crippen LogP contribution is 2.35. The smallest absolute Gasteiger partial charge is 0.231 e. The van der Waals surface area contributed by atoms with Crippen LogP contribution in [0, 0.1) is 0 Å². The van der Waals surface area contributed by atoms with Crippen LogP contribution in [0.4, 0.5) is 5.95 Å². The lowest BCUT2D eigenvalue weighted by Gasteiger charge is -2.08. The number of H-pyrrole nitrogens is 1. The number of benzene rings is 1. The van der Waals surface area contributed by atoms with Gasteiger partial charge in [-0.05, 0) is 27.1 Å². The molecule has 2 heterocycles. The van der Waals surface area contributed by atoms with Crippen LogP contribution in [0.3, 0.4) is 0 Å². The van der Waals surface area contributed by atoms with E-state index >= 15 is 0 Å².